The van der Waals surface area contributed by atoms with Gasteiger partial charge in [-0.2, -0.15) is 0 Å². The summed E-state index contributed by atoms with van der Waals surface area (Å²) in [5, 5.41) is 0. The summed E-state index contributed by atoms with van der Waals surface area (Å²) >= 11 is 0. The van der Waals surface area contributed by atoms with Crippen molar-refractivity contribution in [2.75, 3.05) is 49.8 Å². The van der Waals surface area contributed by atoms with Gasteiger partial charge in [-0.3, -0.25) is 0 Å². The lowest BCUT2D eigenvalue weighted by Gasteiger charge is -2.36. The maximum Gasteiger partial charge on any atom is 0.0930 e. The van der Waals surface area contributed by atoms with Crippen LogP contribution >= 0.6 is 14.5 Å². The fourth-order valence-electron chi connectivity index (χ4n) is 4.16. The van der Waals surface area contributed by atoms with Crippen LogP contribution in [0, 0.1) is 0 Å². The van der Waals surface area contributed by atoms with Crippen LogP contribution in [0.2, 0.25) is 0 Å². The Kier molecular flexibility index (Phi) is 10.0. The lowest BCUT2D eigenvalue weighted by atomic mass is 10.1. The van der Waals surface area contributed by atoms with E-state index in [-0.39, 0.29) is 0 Å². The minimum Gasteiger partial charge on any atom is -0.0654 e. The smallest absolute Gasteiger partial charge is 0.0654 e. The summed E-state index contributed by atoms with van der Waals surface area (Å²) in [6.45, 7) is 9.82. The summed E-state index contributed by atoms with van der Waals surface area (Å²) < 4.78 is 0. The minimum atomic E-state index is -0.522. The molecule has 0 aromatic rings. The first-order chi connectivity index (χ1) is 10.1. The first kappa shape index (κ1) is 19.9. The predicted molar refractivity (Wildman–Crippen MR) is 108 cm³/mol. The quantitative estimate of drug-likeness (QED) is 0.287. The second-order valence-electron chi connectivity index (χ2n) is 7.79. The molecule has 0 unspecified atom stereocenters. The highest BCUT2D eigenvalue weighted by molar-refractivity contribution is 7.82. The number of rotatable bonds is 11. The Balaban J connectivity index is 2.35. The second kappa shape index (κ2) is 10.6. The predicted octanol–water partition coefficient (Wildman–Crippen LogP) is 6.85. The average Bonchev–Trinajstić information content (AvgIpc) is 2.47. The van der Waals surface area contributed by atoms with Crippen molar-refractivity contribution in [2.24, 2.45) is 0 Å². The van der Waals surface area contributed by atoms with Crippen LogP contribution < -0.4 is 0 Å². The summed E-state index contributed by atoms with van der Waals surface area (Å²) in [5.41, 5.74) is 0. The third kappa shape index (κ3) is 7.31. The van der Waals surface area contributed by atoms with E-state index in [9.17, 15) is 0 Å². The summed E-state index contributed by atoms with van der Waals surface area (Å²) in [7, 11) is -1.01. The Morgan fingerprint density at radius 2 is 1.14 bits per heavy atom. The summed E-state index contributed by atoms with van der Waals surface area (Å²) in [4.78, 5) is 0. The molecular weight excluding hydrogens is 290 g/mol. The summed E-state index contributed by atoms with van der Waals surface area (Å²) in [6, 6.07) is 0. The molecule has 2 heteroatoms. The molecule has 126 valence electrons. The summed E-state index contributed by atoms with van der Waals surface area (Å²) in [6.07, 6.45) is 23.3. The third-order valence-electron chi connectivity index (χ3n) is 5.68. The highest BCUT2D eigenvalue weighted by Crippen LogP contribution is 2.71. The highest BCUT2D eigenvalue weighted by atomic mass is 31.2. The first-order valence-corrected chi connectivity index (χ1v) is 15.1. The Morgan fingerprint density at radius 3 is 1.71 bits per heavy atom. The molecule has 0 radical (unpaired) electrons. The van der Waals surface area contributed by atoms with E-state index in [1.54, 1.807) is 49.6 Å². The van der Waals surface area contributed by atoms with E-state index in [0.717, 1.165) is 0 Å². The molecule has 0 spiro atoms. The van der Waals surface area contributed by atoms with E-state index in [4.69, 9.17) is 0 Å². The van der Waals surface area contributed by atoms with E-state index >= 15 is 0 Å². The van der Waals surface area contributed by atoms with E-state index in [0.29, 0.717) is 0 Å². The second-order valence-corrected chi connectivity index (χ2v) is 16.8. The van der Waals surface area contributed by atoms with Gasteiger partial charge in [-0.25, -0.2) is 0 Å². The molecule has 21 heavy (non-hydrogen) atoms. The van der Waals surface area contributed by atoms with Crippen molar-refractivity contribution in [1.82, 2.24) is 0 Å². The standard InChI is InChI=1S/C19H42P2/c1-5-8-9-10-11-12-15-21(14-7-3)18-16-20(4,13-6-2)17-19-21/h5-19H2,1-4H3/q+2. The monoisotopic (exact) mass is 332 g/mol. The van der Waals surface area contributed by atoms with Gasteiger partial charge in [-0.15, -0.1) is 0 Å². The molecule has 0 amide bonds. The third-order valence-corrected chi connectivity index (χ3v) is 15.5. The molecule has 1 saturated heterocycles. The van der Waals surface area contributed by atoms with Gasteiger partial charge in [0.15, 0.2) is 0 Å². The van der Waals surface area contributed by atoms with Crippen molar-refractivity contribution in [3.05, 3.63) is 0 Å². The molecule has 1 heterocycles. The molecule has 0 aromatic heterocycles. The van der Waals surface area contributed by atoms with Gasteiger partial charge in [0.2, 0.25) is 0 Å². The van der Waals surface area contributed by atoms with Crippen molar-refractivity contribution < 1.29 is 0 Å². The van der Waals surface area contributed by atoms with Crippen LogP contribution in [0.15, 0.2) is 0 Å². The van der Waals surface area contributed by atoms with Gasteiger partial charge in [0.05, 0.1) is 43.1 Å². The van der Waals surface area contributed by atoms with E-state index < -0.39 is 14.5 Å². The van der Waals surface area contributed by atoms with Crippen LogP contribution in [0.4, 0.5) is 0 Å². The number of hydrogen-bond acceptors (Lipinski definition) is 0. The normalized spacial score (nSPS) is 29.7. The molecule has 1 aliphatic rings. The zero-order valence-corrected chi connectivity index (χ0v) is 17.3. The highest BCUT2D eigenvalue weighted by Gasteiger charge is 2.48. The van der Waals surface area contributed by atoms with Gasteiger partial charge in [-0.1, -0.05) is 46.5 Å². The maximum absolute atomic E-state index is 2.68. The fraction of sp³-hybridized carbons (Fsp3) is 1.00. The van der Waals surface area contributed by atoms with Gasteiger partial charge < -0.3 is 0 Å². The fourth-order valence-corrected chi connectivity index (χ4v) is 16.3. The summed E-state index contributed by atoms with van der Waals surface area (Å²) in [5.74, 6) is 0. The molecule has 0 nitrogen and oxygen atoms in total. The molecule has 0 atom stereocenters. The average molecular weight is 332 g/mol. The van der Waals surface area contributed by atoms with Gasteiger partial charge in [0, 0.05) is 21.2 Å². The molecule has 1 rings (SSSR count). The molecule has 0 saturated carbocycles. The molecule has 0 N–H and O–H groups in total. The lowest BCUT2D eigenvalue weighted by molar-refractivity contribution is 0.625. The largest absolute Gasteiger partial charge is 0.0930 e. The van der Waals surface area contributed by atoms with E-state index in [1.807, 2.05) is 0 Å². The molecule has 0 aromatic carbocycles. The van der Waals surface area contributed by atoms with E-state index in [2.05, 4.69) is 27.4 Å². The molecule has 1 fully saturated rings. The zero-order valence-electron chi connectivity index (χ0n) is 15.5. The number of hydrogen-bond donors (Lipinski definition) is 0. The Morgan fingerprint density at radius 1 is 0.571 bits per heavy atom. The van der Waals surface area contributed by atoms with Crippen LogP contribution in [-0.2, 0) is 0 Å². The SMILES string of the molecule is CCCCCCCC[P+]1(CCC)CC[P+](C)(CCC)CC1. The van der Waals surface area contributed by atoms with Crippen molar-refractivity contribution >= 4 is 14.5 Å². The van der Waals surface area contributed by atoms with Crippen molar-refractivity contribution in [3.8, 4) is 0 Å². The topological polar surface area (TPSA) is 0 Å². The maximum atomic E-state index is 2.68. The minimum absolute atomic E-state index is 0.493. The van der Waals surface area contributed by atoms with Crippen molar-refractivity contribution in [2.45, 2.75) is 72.1 Å². The van der Waals surface area contributed by atoms with Gasteiger partial charge >= 0.3 is 0 Å². The Bertz CT molecular complexity index is 254. The molecule has 0 aliphatic carbocycles. The molecule has 1 aliphatic heterocycles. The Hall–Kier alpha value is 0.860. The van der Waals surface area contributed by atoms with Crippen LogP contribution in [-0.4, -0.2) is 49.8 Å². The van der Waals surface area contributed by atoms with Gasteiger partial charge in [0.25, 0.3) is 0 Å². The number of unbranched alkanes of at least 4 members (excludes halogenated alkanes) is 5. The van der Waals surface area contributed by atoms with Gasteiger partial charge in [-0.05, 0) is 25.7 Å². The van der Waals surface area contributed by atoms with Crippen LogP contribution in [0.5, 0.6) is 0 Å². The Labute approximate surface area is 136 Å². The molecular formula is C19H42P2+2. The zero-order chi connectivity index (χ0) is 15.6. The molecule has 0 bridgehead atoms. The lowest BCUT2D eigenvalue weighted by Crippen LogP contribution is -2.26. The first-order valence-electron chi connectivity index (χ1n) is 9.78. The van der Waals surface area contributed by atoms with E-state index in [1.165, 1.54) is 44.9 Å². The van der Waals surface area contributed by atoms with Crippen molar-refractivity contribution in [3.63, 3.8) is 0 Å². The van der Waals surface area contributed by atoms with Gasteiger partial charge in [0.1, 0.15) is 0 Å². The van der Waals surface area contributed by atoms with Crippen LogP contribution in [0.3, 0.4) is 0 Å². The van der Waals surface area contributed by atoms with Crippen LogP contribution in [0.25, 0.3) is 0 Å². The van der Waals surface area contributed by atoms with Crippen molar-refractivity contribution in [1.29, 1.82) is 0 Å². The van der Waals surface area contributed by atoms with Crippen LogP contribution in [0.1, 0.15) is 72.1 Å².